The van der Waals surface area contributed by atoms with Gasteiger partial charge in [-0.15, -0.1) is 0 Å². The Morgan fingerprint density at radius 2 is 2.00 bits per heavy atom. The molecule has 0 heterocycles. The molecule has 0 saturated carbocycles. The van der Waals surface area contributed by atoms with Crippen molar-refractivity contribution in [2.45, 2.75) is 19.4 Å². The van der Waals surface area contributed by atoms with E-state index in [1.807, 2.05) is 0 Å². The molecule has 0 aliphatic carbocycles. The van der Waals surface area contributed by atoms with Crippen molar-refractivity contribution in [3.05, 3.63) is 29.8 Å². The first kappa shape index (κ1) is 14.2. The molecule has 0 fully saturated rings. The number of hydrogen-bond donors (Lipinski definition) is 1. The van der Waals surface area contributed by atoms with Gasteiger partial charge in [0, 0.05) is 6.42 Å². The summed E-state index contributed by atoms with van der Waals surface area (Å²) in [6, 6.07) is 6.24. The molecular weight excluding hydrogens is 234 g/mol. The largest absolute Gasteiger partial charge is 0.493 e. The fourth-order valence-electron chi connectivity index (χ4n) is 1.45. The summed E-state index contributed by atoms with van der Waals surface area (Å²) in [5.74, 6) is -0.0385. The van der Waals surface area contributed by atoms with E-state index in [1.54, 1.807) is 24.3 Å². The van der Waals surface area contributed by atoms with Gasteiger partial charge >= 0.3 is 5.97 Å². The van der Waals surface area contributed by atoms with E-state index >= 15 is 0 Å². The van der Waals surface area contributed by atoms with E-state index in [-0.39, 0.29) is 12.4 Å². The highest BCUT2D eigenvalue weighted by Crippen LogP contribution is 2.18. The highest BCUT2D eigenvalue weighted by molar-refractivity contribution is 5.96. The van der Waals surface area contributed by atoms with Crippen molar-refractivity contribution in [3.63, 3.8) is 0 Å². The number of ketones is 1. The number of methoxy groups -OCH3 is 1. The zero-order chi connectivity index (χ0) is 13.5. The monoisotopic (exact) mass is 251 g/mol. The Labute approximate surface area is 106 Å². The van der Waals surface area contributed by atoms with Gasteiger partial charge in [-0.2, -0.15) is 0 Å². The van der Waals surface area contributed by atoms with Crippen LogP contribution in [0.25, 0.3) is 0 Å². The third-order valence-corrected chi connectivity index (χ3v) is 2.46. The Balaban J connectivity index is 2.54. The van der Waals surface area contributed by atoms with E-state index < -0.39 is 12.0 Å². The molecular formula is C13H17NO4. The minimum Gasteiger partial charge on any atom is -0.493 e. The Morgan fingerprint density at radius 1 is 1.33 bits per heavy atom. The van der Waals surface area contributed by atoms with Crippen molar-refractivity contribution in [1.82, 2.24) is 0 Å². The number of hydrogen-bond acceptors (Lipinski definition) is 5. The Kier molecular flexibility index (Phi) is 5.32. The second kappa shape index (κ2) is 6.76. The number of para-hydroxylation sites is 1. The van der Waals surface area contributed by atoms with Crippen LogP contribution in [-0.2, 0) is 9.53 Å². The van der Waals surface area contributed by atoms with E-state index in [1.165, 1.54) is 14.0 Å². The molecule has 2 N–H and O–H groups in total. The maximum absolute atomic E-state index is 11.3. The first-order valence-corrected chi connectivity index (χ1v) is 5.62. The molecule has 1 rings (SSSR count). The van der Waals surface area contributed by atoms with Crippen LogP contribution < -0.4 is 10.5 Å². The molecule has 0 aromatic heterocycles. The Morgan fingerprint density at radius 3 is 2.61 bits per heavy atom. The third kappa shape index (κ3) is 3.85. The van der Waals surface area contributed by atoms with Gasteiger partial charge in [0.25, 0.3) is 0 Å². The van der Waals surface area contributed by atoms with Gasteiger partial charge < -0.3 is 15.2 Å². The van der Waals surface area contributed by atoms with Gasteiger partial charge in [0.1, 0.15) is 11.8 Å². The zero-order valence-corrected chi connectivity index (χ0v) is 10.5. The van der Waals surface area contributed by atoms with Crippen LogP contribution >= 0.6 is 0 Å². The van der Waals surface area contributed by atoms with Crippen LogP contribution in [0.4, 0.5) is 0 Å². The summed E-state index contributed by atoms with van der Waals surface area (Å²) in [6.07, 6.45) is 0.332. The molecule has 0 amide bonds. The first-order valence-electron chi connectivity index (χ1n) is 5.62. The zero-order valence-electron chi connectivity index (χ0n) is 10.5. The SMILES string of the molecule is COC(=O)C(N)CCOc1ccccc1C(C)=O. The van der Waals surface area contributed by atoms with Crippen LogP contribution in [0.15, 0.2) is 24.3 Å². The molecule has 1 aromatic carbocycles. The first-order chi connectivity index (χ1) is 8.56. The number of ether oxygens (including phenoxy) is 2. The van der Waals surface area contributed by atoms with E-state index in [2.05, 4.69) is 4.74 Å². The van der Waals surface area contributed by atoms with E-state index in [0.29, 0.717) is 17.7 Å². The van der Waals surface area contributed by atoms with Crippen LogP contribution in [0.3, 0.4) is 0 Å². The van der Waals surface area contributed by atoms with Crippen LogP contribution in [0.5, 0.6) is 5.75 Å². The number of carbonyl (C=O) groups excluding carboxylic acids is 2. The normalized spacial score (nSPS) is 11.7. The van der Waals surface area contributed by atoms with E-state index in [9.17, 15) is 9.59 Å². The minimum absolute atomic E-state index is 0.0668. The summed E-state index contributed by atoms with van der Waals surface area (Å²) in [5.41, 5.74) is 6.09. The lowest BCUT2D eigenvalue weighted by Crippen LogP contribution is -2.33. The third-order valence-electron chi connectivity index (χ3n) is 2.46. The maximum Gasteiger partial charge on any atom is 0.322 e. The van der Waals surface area contributed by atoms with Gasteiger partial charge in [-0.3, -0.25) is 9.59 Å². The predicted molar refractivity (Wildman–Crippen MR) is 66.5 cm³/mol. The smallest absolute Gasteiger partial charge is 0.322 e. The number of esters is 1. The highest BCUT2D eigenvalue weighted by Gasteiger charge is 2.14. The lowest BCUT2D eigenvalue weighted by Gasteiger charge is -2.12. The Hall–Kier alpha value is -1.88. The topological polar surface area (TPSA) is 78.6 Å². The van der Waals surface area contributed by atoms with Crippen molar-refractivity contribution in [2.24, 2.45) is 5.73 Å². The second-order valence-corrected chi connectivity index (χ2v) is 3.82. The van der Waals surface area contributed by atoms with E-state index in [0.717, 1.165) is 0 Å². The number of carbonyl (C=O) groups is 2. The average Bonchev–Trinajstić information content (AvgIpc) is 2.38. The molecule has 0 spiro atoms. The molecule has 5 nitrogen and oxygen atoms in total. The van der Waals surface area contributed by atoms with Crippen molar-refractivity contribution in [2.75, 3.05) is 13.7 Å². The maximum atomic E-state index is 11.3. The number of rotatable bonds is 6. The molecule has 0 aliphatic heterocycles. The fraction of sp³-hybridized carbons (Fsp3) is 0.385. The molecule has 1 atom stereocenters. The number of benzene rings is 1. The summed E-state index contributed by atoms with van der Waals surface area (Å²) in [4.78, 5) is 22.4. The molecule has 0 radical (unpaired) electrons. The average molecular weight is 251 g/mol. The van der Waals surface area contributed by atoms with E-state index in [4.69, 9.17) is 10.5 Å². The summed E-state index contributed by atoms with van der Waals surface area (Å²) >= 11 is 0. The molecule has 1 aromatic rings. The van der Waals surface area contributed by atoms with Crippen LogP contribution in [0, 0.1) is 0 Å². The summed E-state index contributed by atoms with van der Waals surface area (Å²) in [7, 11) is 1.29. The summed E-state index contributed by atoms with van der Waals surface area (Å²) in [6.45, 7) is 1.73. The van der Waals surface area contributed by atoms with Crippen LogP contribution in [0.1, 0.15) is 23.7 Å². The van der Waals surface area contributed by atoms with Gasteiger partial charge in [0.15, 0.2) is 5.78 Å². The van der Waals surface area contributed by atoms with Crippen molar-refractivity contribution < 1.29 is 19.1 Å². The Bertz CT molecular complexity index is 431. The molecule has 0 saturated heterocycles. The molecule has 0 bridgehead atoms. The second-order valence-electron chi connectivity index (χ2n) is 3.82. The lowest BCUT2D eigenvalue weighted by molar-refractivity contribution is -0.142. The fourth-order valence-corrected chi connectivity index (χ4v) is 1.45. The number of Topliss-reactive ketones (excluding diaryl/α,β-unsaturated/α-hetero) is 1. The standard InChI is InChI=1S/C13H17NO4/c1-9(15)10-5-3-4-6-12(10)18-8-7-11(14)13(16)17-2/h3-6,11H,7-8,14H2,1-2H3. The van der Waals surface area contributed by atoms with Crippen LogP contribution in [0.2, 0.25) is 0 Å². The predicted octanol–water partition coefficient (Wildman–Crippen LogP) is 1.16. The molecule has 98 valence electrons. The quantitative estimate of drug-likeness (QED) is 0.606. The van der Waals surface area contributed by atoms with Gasteiger partial charge in [0.05, 0.1) is 19.3 Å². The number of nitrogens with two attached hydrogens (primary N) is 1. The molecule has 0 aliphatic rings. The van der Waals surface area contributed by atoms with Gasteiger partial charge in [-0.25, -0.2) is 0 Å². The van der Waals surface area contributed by atoms with Gasteiger partial charge in [-0.05, 0) is 19.1 Å². The van der Waals surface area contributed by atoms with Crippen molar-refractivity contribution in [1.29, 1.82) is 0 Å². The summed E-state index contributed by atoms with van der Waals surface area (Å²) in [5, 5.41) is 0. The van der Waals surface area contributed by atoms with Crippen LogP contribution in [-0.4, -0.2) is 31.5 Å². The molecule has 5 heteroatoms. The minimum atomic E-state index is -0.709. The highest BCUT2D eigenvalue weighted by atomic mass is 16.5. The molecule has 18 heavy (non-hydrogen) atoms. The van der Waals surface area contributed by atoms with Gasteiger partial charge in [0.2, 0.25) is 0 Å². The molecule has 1 unspecified atom stereocenters. The van der Waals surface area contributed by atoms with Crippen molar-refractivity contribution in [3.8, 4) is 5.75 Å². The lowest BCUT2D eigenvalue weighted by atomic mass is 10.1. The summed E-state index contributed by atoms with van der Waals surface area (Å²) < 4.78 is 9.96. The van der Waals surface area contributed by atoms with Crippen molar-refractivity contribution >= 4 is 11.8 Å². The van der Waals surface area contributed by atoms with Gasteiger partial charge in [-0.1, -0.05) is 12.1 Å².